The number of aromatic nitrogens is 1. The van der Waals surface area contributed by atoms with Gasteiger partial charge in [-0.15, -0.1) is 0 Å². The molecule has 166 valence electrons. The largest absolute Gasteiger partial charge is 0.481 e. The Kier molecular flexibility index (Phi) is 7.27. The van der Waals surface area contributed by atoms with E-state index in [0.717, 1.165) is 11.6 Å². The number of benzene rings is 2. The van der Waals surface area contributed by atoms with Crippen LogP contribution in [0.1, 0.15) is 29.2 Å². The van der Waals surface area contributed by atoms with Gasteiger partial charge >= 0.3 is 12.0 Å². The van der Waals surface area contributed by atoms with Gasteiger partial charge in [-0.2, -0.15) is 0 Å². The first-order chi connectivity index (χ1) is 15.2. The molecule has 1 aromatic heterocycles. The molecule has 9 heteroatoms. The second-order valence-corrected chi connectivity index (χ2v) is 7.63. The van der Waals surface area contributed by atoms with Gasteiger partial charge in [-0.3, -0.25) is 9.59 Å². The van der Waals surface area contributed by atoms with Crippen molar-refractivity contribution in [2.45, 2.75) is 25.9 Å². The van der Waals surface area contributed by atoms with E-state index in [9.17, 15) is 23.9 Å². The summed E-state index contributed by atoms with van der Waals surface area (Å²) in [5, 5.41) is 14.4. The highest BCUT2D eigenvalue weighted by molar-refractivity contribution is 6.31. The number of carboxylic acids is 1. The van der Waals surface area contributed by atoms with Gasteiger partial charge in [0, 0.05) is 11.2 Å². The molecule has 1 atom stereocenters. The molecule has 32 heavy (non-hydrogen) atoms. The van der Waals surface area contributed by atoms with Gasteiger partial charge in [0.05, 0.1) is 19.0 Å². The van der Waals surface area contributed by atoms with Crippen LogP contribution in [0.15, 0.2) is 65.6 Å². The predicted octanol–water partition coefficient (Wildman–Crippen LogP) is 4.34. The molecular formula is C23H21ClFN3O4. The van der Waals surface area contributed by atoms with Gasteiger partial charge in [-0.05, 0) is 30.2 Å². The van der Waals surface area contributed by atoms with Crippen LogP contribution in [-0.4, -0.2) is 21.7 Å². The third-order valence-electron chi connectivity index (χ3n) is 4.82. The number of halogens is 2. The summed E-state index contributed by atoms with van der Waals surface area (Å²) in [6.45, 7) is 1.96. The van der Waals surface area contributed by atoms with Crippen molar-refractivity contribution in [3.05, 3.63) is 98.7 Å². The van der Waals surface area contributed by atoms with Crippen molar-refractivity contribution in [2.24, 2.45) is 0 Å². The van der Waals surface area contributed by atoms with Crippen molar-refractivity contribution in [3.8, 4) is 0 Å². The van der Waals surface area contributed by atoms with E-state index in [0.29, 0.717) is 16.1 Å². The van der Waals surface area contributed by atoms with E-state index in [1.54, 1.807) is 48.5 Å². The van der Waals surface area contributed by atoms with Crippen LogP contribution in [0.5, 0.6) is 0 Å². The van der Waals surface area contributed by atoms with Crippen molar-refractivity contribution < 1.29 is 19.1 Å². The fourth-order valence-corrected chi connectivity index (χ4v) is 3.33. The maximum absolute atomic E-state index is 14.3. The third kappa shape index (κ3) is 5.73. The molecule has 0 aliphatic carbocycles. The van der Waals surface area contributed by atoms with Crippen LogP contribution in [0.2, 0.25) is 5.02 Å². The first-order valence-corrected chi connectivity index (χ1v) is 10.1. The van der Waals surface area contributed by atoms with Gasteiger partial charge in [0.1, 0.15) is 5.69 Å². The minimum atomic E-state index is -1.12. The lowest BCUT2D eigenvalue weighted by molar-refractivity contribution is -0.137. The third-order valence-corrected chi connectivity index (χ3v) is 5.18. The monoisotopic (exact) mass is 457 g/mol. The SMILES string of the molecule is Cc1ccc([C@H](CC(=O)O)NC(=O)Nc2c(F)ccn(Cc3ccccc3Cl)c2=O)cc1. The molecule has 7 nitrogen and oxygen atoms in total. The molecule has 0 fully saturated rings. The minimum absolute atomic E-state index is 0.0834. The molecule has 1 heterocycles. The molecule has 0 spiro atoms. The number of nitrogens with zero attached hydrogens (tertiary/aromatic N) is 1. The Hall–Kier alpha value is -3.65. The first kappa shape index (κ1) is 23.0. The fraction of sp³-hybridized carbons (Fsp3) is 0.174. The van der Waals surface area contributed by atoms with Crippen molar-refractivity contribution >= 4 is 29.3 Å². The number of rotatable bonds is 7. The molecule has 2 amide bonds. The van der Waals surface area contributed by atoms with Crippen LogP contribution >= 0.6 is 11.6 Å². The average Bonchev–Trinajstić information content (AvgIpc) is 2.74. The maximum atomic E-state index is 14.3. The highest BCUT2D eigenvalue weighted by atomic mass is 35.5. The van der Waals surface area contributed by atoms with E-state index in [2.05, 4.69) is 10.6 Å². The molecule has 0 saturated carbocycles. The number of anilines is 1. The first-order valence-electron chi connectivity index (χ1n) is 9.73. The highest BCUT2D eigenvalue weighted by Gasteiger charge is 2.20. The summed E-state index contributed by atoms with van der Waals surface area (Å²) in [5.74, 6) is -2.03. The number of carbonyl (C=O) groups excluding carboxylic acids is 1. The molecular weight excluding hydrogens is 437 g/mol. The van der Waals surface area contributed by atoms with E-state index in [4.69, 9.17) is 11.6 Å². The minimum Gasteiger partial charge on any atom is -0.481 e. The number of amides is 2. The van der Waals surface area contributed by atoms with Gasteiger partial charge in [-0.1, -0.05) is 59.6 Å². The Morgan fingerprint density at radius 2 is 1.81 bits per heavy atom. The lowest BCUT2D eigenvalue weighted by Gasteiger charge is -2.18. The van der Waals surface area contributed by atoms with Crippen molar-refractivity contribution in [3.63, 3.8) is 0 Å². The van der Waals surface area contributed by atoms with Crippen LogP contribution in [0, 0.1) is 12.7 Å². The van der Waals surface area contributed by atoms with E-state index in [1.165, 1.54) is 10.8 Å². The molecule has 0 saturated heterocycles. The Bertz CT molecular complexity index is 1190. The molecule has 3 aromatic rings. The fourth-order valence-electron chi connectivity index (χ4n) is 3.13. The zero-order valence-corrected chi connectivity index (χ0v) is 17.9. The number of aryl methyl sites for hydroxylation is 1. The zero-order chi connectivity index (χ0) is 23.3. The van der Waals surface area contributed by atoms with Gasteiger partial charge in [0.25, 0.3) is 5.56 Å². The van der Waals surface area contributed by atoms with Gasteiger partial charge < -0.3 is 20.3 Å². The molecule has 0 radical (unpaired) electrons. The summed E-state index contributed by atoms with van der Waals surface area (Å²) in [6.07, 6.45) is 0.883. The maximum Gasteiger partial charge on any atom is 0.319 e. The van der Waals surface area contributed by atoms with E-state index in [1.807, 2.05) is 6.92 Å². The smallest absolute Gasteiger partial charge is 0.319 e. The molecule has 2 aromatic carbocycles. The number of hydrogen-bond acceptors (Lipinski definition) is 3. The second-order valence-electron chi connectivity index (χ2n) is 7.22. The van der Waals surface area contributed by atoms with Gasteiger partial charge in [-0.25, -0.2) is 9.18 Å². The Morgan fingerprint density at radius 3 is 2.47 bits per heavy atom. The number of hydrogen-bond donors (Lipinski definition) is 3. The number of pyridine rings is 1. The summed E-state index contributed by atoms with van der Waals surface area (Å²) >= 11 is 6.13. The standard InChI is InChI=1S/C23H21ClFN3O4/c1-14-6-8-15(9-7-14)19(12-20(29)30)26-23(32)27-21-18(25)10-11-28(22(21)31)13-16-4-2-3-5-17(16)24/h2-11,19H,12-13H2,1H3,(H,29,30)(H2,26,27,32)/t19-/m0/s1. The predicted molar refractivity (Wildman–Crippen MR) is 120 cm³/mol. The molecule has 0 unspecified atom stereocenters. The summed E-state index contributed by atoms with van der Waals surface area (Å²) in [5.41, 5.74) is 0.884. The van der Waals surface area contributed by atoms with Gasteiger partial charge in [0.15, 0.2) is 5.82 Å². The van der Waals surface area contributed by atoms with Crippen molar-refractivity contribution in [2.75, 3.05) is 5.32 Å². The number of carbonyl (C=O) groups is 2. The number of aliphatic carboxylic acids is 1. The number of urea groups is 1. The summed E-state index contributed by atoms with van der Waals surface area (Å²) in [4.78, 5) is 36.5. The normalized spacial score (nSPS) is 11.6. The van der Waals surface area contributed by atoms with E-state index >= 15 is 0 Å². The molecule has 3 N–H and O–H groups in total. The Balaban J connectivity index is 1.81. The number of carboxylic acid groups (broad SMARTS) is 1. The quantitative estimate of drug-likeness (QED) is 0.491. The van der Waals surface area contributed by atoms with E-state index in [-0.39, 0.29) is 13.0 Å². The van der Waals surface area contributed by atoms with Crippen molar-refractivity contribution in [1.82, 2.24) is 9.88 Å². The van der Waals surface area contributed by atoms with Crippen molar-refractivity contribution in [1.29, 1.82) is 0 Å². The van der Waals surface area contributed by atoms with Crippen LogP contribution < -0.4 is 16.2 Å². The highest BCUT2D eigenvalue weighted by Crippen LogP contribution is 2.19. The summed E-state index contributed by atoms with van der Waals surface area (Å²) in [6, 6.07) is 13.2. The average molecular weight is 458 g/mol. The molecule has 0 bridgehead atoms. The molecule has 0 aliphatic rings. The summed E-state index contributed by atoms with van der Waals surface area (Å²) < 4.78 is 15.6. The van der Waals surface area contributed by atoms with Crippen LogP contribution in [0.4, 0.5) is 14.9 Å². The lowest BCUT2D eigenvalue weighted by atomic mass is 10.0. The molecule has 3 rings (SSSR count). The number of nitrogens with one attached hydrogen (secondary N) is 2. The zero-order valence-electron chi connectivity index (χ0n) is 17.1. The Morgan fingerprint density at radius 1 is 1.12 bits per heavy atom. The molecule has 0 aliphatic heterocycles. The topological polar surface area (TPSA) is 100 Å². The van der Waals surface area contributed by atoms with Crippen LogP contribution in [-0.2, 0) is 11.3 Å². The second kappa shape index (κ2) is 10.1. The Labute approximate surface area is 188 Å². The van der Waals surface area contributed by atoms with E-state index < -0.39 is 35.1 Å². The van der Waals surface area contributed by atoms with Gasteiger partial charge in [0.2, 0.25) is 0 Å². The summed E-state index contributed by atoms with van der Waals surface area (Å²) in [7, 11) is 0. The van der Waals surface area contributed by atoms with Crippen LogP contribution in [0.25, 0.3) is 0 Å². The lowest BCUT2D eigenvalue weighted by Crippen LogP contribution is -2.36. The van der Waals surface area contributed by atoms with Crippen LogP contribution in [0.3, 0.4) is 0 Å².